The SMILES string of the molecule is COc1ccc(CN(C)C(=O)CN2CCC(Cc3ccccc3)CC2)cc1. The number of nitrogens with zero attached hydrogens (tertiary/aromatic N) is 2. The zero-order valence-electron chi connectivity index (χ0n) is 16.4. The second kappa shape index (κ2) is 9.56. The first kappa shape index (κ1) is 19.4. The number of benzene rings is 2. The highest BCUT2D eigenvalue weighted by Gasteiger charge is 2.22. The third-order valence-corrected chi connectivity index (χ3v) is 5.44. The topological polar surface area (TPSA) is 32.8 Å². The maximum absolute atomic E-state index is 12.6. The van der Waals surface area contributed by atoms with Crippen LogP contribution in [0, 0.1) is 5.92 Å². The molecule has 0 atom stereocenters. The summed E-state index contributed by atoms with van der Waals surface area (Å²) in [6.45, 7) is 3.18. The van der Waals surface area contributed by atoms with Crippen LogP contribution in [0.15, 0.2) is 54.6 Å². The maximum Gasteiger partial charge on any atom is 0.236 e. The fourth-order valence-corrected chi connectivity index (χ4v) is 3.70. The number of likely N-dealkylation sites (N-methyl/N-ethyl adjacent to an activating group) is 1. The van der Waals surface area contributed by atoms with E-state index >= 15 is 0 Å². The number of methoxy groups -OCH3 is 1. The molecule has 1 saturated heterocycles. The second-order valence-corrected chi connectivity index (χ2v) is 7.51. The van der Waals surface area contributed by atoms with Crippen molar-refractivity contribution in [1.29, 1.82) is 0 Å². The molecular formula is C23H30N2O2. The Labute approximate surface area is 162 Å². The Hall–Kier alpha value is -2.33. The van der Waals surface area contributed by atoms with Crippen LogP contribution in [0.3, 0.4) is 0 Å². The van der Waals surface area contributed by atoms with Crippen molar-refractivity contribution in [3.8, 4) is 5.75 Å². The quantitative estimate of drug-likeness (QED) is 0.750. The molecule has 1 aliphatic rings. The van der Waals surface area contributed by atoms with Crippen LogP contribution in [-0.4, -0.2) is 49.5 Å². The van der Waals surface area contributed by atoms with Crippen LogP contribution in [0.25, 0.3) is 0 Å². The number of piperidine rings is 1. The minimum atomic E-state index is 0.187. The van der Waals surface area contributed by atoms with Gasteiger partial charge in [0.25, 0.3) is 0 Å². The fourth-order valence-electron chi connectivity index (χ4n) is 3.70. The first-order valence-electron chi connectivity index (χ1n) is 9.77. The Balaban J connectivity index is 1.41. The molecule has 0 N–H and O–H groups in total. The van der Waals surface area contributed by atoms with Gasteiger partial charge in [-0.2, -0.15) is 0 Å². The fraction of sp³-hybridized carbons (Fsp3) is 0.435. The number of ether oxygens (including phenoxy) is 1. The van der Waals surface area contributed by atoms with E-state index in [1.54, 1.807) is 7.11 Å². The standard InChI is InChI=1S/C23H30N2O2/c1-24(17-21-8-10-22(27-2)11-9-21)23(26)18-25-14-12-20(13-15-25)16-19-6-4-3-5-7-19/h3-11,20H,12-18H2,1-2H3. The van der Waals surface area contributed by atoms with E-state index in [4.69, 9.17) is 4.74 Å². The van der Waals surface area contributed by atoms with Crippen molar-refractivity contribution in [3.63, 3.8) is 0 Å². The normalized spacial score (nSPS) is 15.5. The lowest BCUT2D eigenvalue weighted by Gasteiger charge is -2.32. The van der Waals surface area contributed by atoms with Crippen LogP contribution in [-0.2, 0) is 17.8 Å². The van der Waals surface area contributed by atoms with Crippen molar-refractivity contribution in [3.05, 3.63) is 65.7 Å². The summed E-state index contributed by atoms with van der Waals surface area (Å²) in [5.74, 6) is 1.76. The minimum Gasteiger partial charge on any atom is -0.497 e. The molecule has 144 valence electrons. The highest BCUT2D eigenvalue weighted by atomic mass is 16.5. The van der Waals surface area contributed by atoms with E-state index in [0.717, 1.165) is 36.7 Å². The number of hydrogen-bond donors (Lipinski definition) is 0. The van der Waals surface area contributed by atoms with E-state index in [0.29, 0.717) is 13.1 Å². The summed E-state index contributed by atoms with van der Waals surface area (Å²) in [7, 11) is 3.54. The first-order chi connectivity index (χ1) is 13.1. The van der Waals surface area contributed by atoms with Crippen LogP contribution in [0.2, 0.25) is 0 Å². The Bertz CT molecular complexity index is 707. The Morgan fingerprint density at radius 1 is 1.04 bits per heavy atom. The molecule has 4 heteroatoms. The smallest absolute Gasteiger partial charge is 0.236 e. The molecule has 4 nitrogen and oxygen atoms in total. The van der Waals surface area contributed by atoms with E-state index in [-0.39, 0.29) is 5.91 Å². The van der Waals surface area contributed by atoms with Gasteiger partial charge in [-0.25, -0.2) is 0 Å². The van der Waals surface area contributed by atoms with Gasteiger partial charge in [0.05, 0.1) is 13.7 Å². The number of hydrogen-bond acceptors (Lipinski definition) is 3. The van der Waals surface area contributed by atoms with E-state index in [2.05, 4.69) is 35.2 Å². The molecule has 27 heavy (non-hydrogen) atoms. The van der Waals surface area contributed by atoms with Gasteiger partial charge >= 0.3 is 0 Å². The lowest BCUT2D eigenvalue weighted by molar-refractivity contribution is -0.132. The molecule has 2 aromatic carbocycles. The number of likely N-dealkylation sites (tertiary alicyclic amines) is 1. The predicted octanol–water partition coefficient (Wildman–Crippen LogP) is 3.61. The number of carbonyl (C=O) groups is 1. The van der Waals surface area contributed by atoms with Gasteiger partial charge < -0.3 is 9.64 Å². The molecule has 3 rings (SSSR count). The molecule has 0 saturated carbocycles. The lowest BCUT2D eigenvalue weighted by Crippen LogP contribution is -2.42. The number of amides is 1. The Morgan fingerprint density at radius 3 is 2.33 bits per heavy atom. The largest absolute Gasteiger partial charge is 0.497 e. The van der Waals surface area contributed by atoms with E-state index < -0.39 is 0 Å². The van der Waals surface area contributed by atoms with Gasteiger partial charge in [-0.05, 0) is 61.5 Å². The van der Waals surface area contributed by atoms with Crippen molar-refractivity contribution < 1.29 is 9.53 Å². The lowest BCUT2D eigenvalue weighted by atomic mass is 9.90. The van der Waals surface area contributed by atoms with Crippen LogP contribution >= 0.6 is 0 Å². The molecule has 0 aliphatic carbocycles. The van der Waals surface area contributed by atoms with E-state index in [1.165, 1.54) is 18.4 Å². The average molecular weight is 367 g/mol. The summed E-state index contributed by atoms with van der Waals surface area (Å²) >= 11 is 0. The van der Waals surface area contributed by atoms with E-state index in [9.17, 15) is 4.79 Å². The minimum absolute atomic E-state index is 0.187. The van der Waals surface area contributed by atoms with Gasteiger partial charge in [0.1, 0.15) is 5.75 Å². The molecule has 1 amide bonds. The Kier molecular flexibility index (Phi) is 6.88. The van der Waals surface area contributed by atoms with Crippen LogP contribution in [0.5, 0.6) is 5.75 Å². The molecule has 2 aromatic rings. The molecule has 0 aromatic heterocycles. The Morgan fingerprint density at radius 2 is 1.70 bits per heavy atom. The van der Waals surface area contributed by atoms with Crippen molar-refractivity contribution >= 4 is 5.91 Å². The van der Waals surface area contributed by atoms with Crippen molar-refractivity contribution in [2.45, 2.75) is 25.8 Å². The highest BCUT2D eigenvalue weighted by molar-refractivity contribution is 5.78. The average Bonchev–Trinajstić information content (AvgIpc) is 2.71. The van der Waals surface area contributed by atoms with Crippen LogP contribution in [0.4, 0.5) is 0 Å². The predicted molar refractivity (Wildman–Crippen MR) is 109 cm³/mol. The summed E-state index contributed by atoms with van der Waals surface area (Å²) < 4.78 is 5.18. The van der Waals surface area contributed by atoms with Gasteiger partial charge in [0.2, 0.25) is 5.91 Å². The zero-order chi connectivity index (χ0) is 19.1. The number of carbonyl (C=O) groups excluding carboxylic acids is 1. The summed E-state index contributed by atoms with van der Waals surface area (Å²) in [5.41, 5.74) is 2.54. The van der Waals surface area contributed by atoms with Crippen molar-refractivity contribution in [2.75, 3.05) is 33.8 Å². The van der Waals surface area contributed by atoms with Gasteiger partial charge in [-0.15, -0.1) is 0 Å². The molecule has 0 bridgehead atoms. The molecular weight excluding hydrogens is 336 g/mol. The maximum atomic E-state index is 12.6. The number of rotatable bonds is 7. The third-order valence-electron chi connectivity index (χ3n) is 5.44. The van der Waals surface area contributed by atoms with Crippen molar-refractivity contribution in [1.82, 2.24) is 9.80 Å². The van der Waals surface area contributed by atoms with E-state index in [1.807, 2.05) is 36.2 Å². The monoisotopic (exact) mass is 366 g/mol. The first-order valence-corrected chi connectivity index (χ1v) is 9.77. The molecule has 1 fully saturated rings. The zero-order valence-corrected chi connectivity index (χ0v) is 16.4. The molecule has 1 heterocycles. The van der Waals surface area contributed by atoms with Gasteiger partial charge in [-0.1, -0.05) is 42.5 Å². The van der Waals surface area contributed by atoms with Crippen LogP contribution < -0.4 is 4.74 Å². The summed E-state index contributed by atoms with van der Waals surface area (Å²) in [4.78, 5) is 16.7. The van der Waals surface area contributed by atoms with Crippen molar-refractivity contribution in [2.24, 2.45) is 5.92 Å². The van der Waals surface area contributed by atoms with Gasteiger partial charge in [-0.3, -0.25) is 9.69 Å². The molecule has 1 aliphatic heterocycles. The summed E-state index contributed by atoms with van der Waals surface area (Å²) in [6, 6.07) is 18.6. The van der Waals surface area contributed by atoms with Gasteiger partial charge in [0.15, 0.2) is 0 Å². The molecule has 0 radical (unpaired) electrons. The summed E-state index contributed by atoms with van der Waals surface area (Å²) in [5, 5.41) is 0. The third kappa shape index (κ3) is 5.83. The van der Waals surface area contributed by atoms with Gasteiger partial charge in [0, 0.05) is 13.6 Å². The molecule has 0 unspecified atom stereocenters. The molecule has 0 spiro atoms. The van der Waals surface area contributed by atoms with Crippen LogP contribution in [0.1, 0.15) is 24.0 Å². The summed E-state index contributed by atoms with van der Waals surface area (Å²) in [6.07, 6.45) is 3.49. The highest BCUT2D eigenvalue weighted by Crippen LogP contribution is 2.21. The second-order valence-electron chi connectivity index (χ2n) is 7.51.